The number of halogens is 1. The third-order valence-corrected chi connectivity index (χ3v) is 3.05. The maximum atomic E-state index is 5.66. The molecule has 6 nitrogen and oxygen atoms in total. The van der Waals surface area contributed by atoms with Crippen molar-refractivity contribution < 1.29 is 14.2 Å². The molecule has 0 amide bonds. The van der Waals surface area contributed by atoms with Gasteiger partial charge in [-0.25, -0.2) is 4.99 Å². The number of aliphatic imine (C=N–C) groups is 1. The molecule has 0 saturated heterocycles. The molecule has 0 atom stereocenters. The Morgan fingerprint density at radius 3 is 2.50 bits per heavy atom. The Balaban J connectivity index is 0.00000529. The Labute approximate surface area is 162 Å². The first-order valence-electron chi connectivity index (χ1n) is 8.05. The summed E-state index contributed by atoms with van der Waals surface area (Å²) in [6, 6.07) is 5.91. The number of nitrogens with one attached hydrogen (secondary N) is 2. The fraction of sp³-hybridized carbons (Fsp3) is 0.588. The summed E-state index contributed by atoms with van der Waals surface area (Å²) in [5.74, 6) is 2.28. The molecule has 24 heavy (non-hydrogen) atoms. The van der Waals surface area contributed by atoms with Gasteiger partial charge in [-0.15, -0.1) is 24.0 Å². The summed E-state index contributed by atoms with van der Waals surface area (Å²) >= 11 is 0. The minimum absolute atomic E-state index is 0. The van der Waals surface area contributed by atoms with Gasteiger partial charge in [0.1, 0.15) is 0 Å². The summed E-state index contributed by atoms with van der Waals surface area (Å²) in [4.78, 5) is 4.57. The molecule has 1 aromatic rings. The number of hydrogen-bond acceptors (Lipinski definition) is 4. The number of guanidine groups is 1. The molecule has 1 aromatic carbocycles. The van der Waals surface area contributed by atoms with Gasteiger partial charge in [-0.2, -0.15) is 0 Å². The molecule has 0 bridgehead atoms. The van der Waals surface area contributed by atoms with Crippen molar-refractivity contribution in [2.45, 2.75) is 26.8 Å². The molecule has 0 radical (unpaired) electrons. The third kappa shape index (κ3) is 8.58. The van der Waals surface area contributed by atoms with Gasteiger partial charge in [0.05, 0.1) is 26.9 Å². The molecule has 0 saturated carbocycles. The van der Waals surface area contributed by atoms with Gasteiger partial charge in [0.25, 0.3) is 0 Å². The first-order valence-corrected chi connectivity index (χ1v) is 8.05. The average Bonchev–Trinajstić information content (AvgIpc) is 2.58. The van der Waals surface area contributed by atoms with Crippen LogP contribution in [0, 0.1) is 0 Å². The summed E-state index contributed by atoms with van der Waals surface area (Å²) < 4.78 is 16.1. The van der Waals surface area contributed by atoms with Crippen LogP contribution in [0.1, 0.15) is 25.8 Å². The van der Waals surface area contributed by atoms with E-state index in [0.717, 1.165) is 42.5 Å². The van der Waals surface area contributed by atoms with Crippen LogP contribution < -0.4 is 20.1 Å². The molecule has 0 aliphatic heterocycles. The zero-order valence-corrected chi connectivity index (χ0v) is 17.4. The lowest BCUT2D eigenvalue weighted by atomic mass is 10.2. The van der Waals surface area contributed by atoms with E-state index < -0.39 is 0 Å². The Morgan fingerprint density at radius 2 is 1.88 bits per heavy atom. The van der Waals surface area contributed by atoms with Crippen molar-refractivity contribution in [1.82, 2.24) is 10.6 Å². The molecule has 7 heteroatoms. The van der Waals surface area contributed by atoms with Gasteiger partial charge in [-0.1, -0.05) is 13.0 Å². The van der Waals surface area contributed by atoms with Crippen molar-refractivity contribution in [3.63, 3.8) is 0 Å². The predicted octanol–water partition coefficient (Wildman–Crippen LogP) is 2.80. The van der Waals surface area contributed by atoms with Gasteiger partial charge in [0.2, 0.25) is 0 Å². The molecule has 0 spiro atoms. The number of methoxy groups -OCH3 is 2. The van der Waals surface area contributed by atoms with Crippen LogP contribution in [0.5, 0.6) is 11.5 Å². The zero-order valence-electron chi connectivity index (χ0n) is 15.1. The maximum Gasteiger partial charge on any atom is 0.191 e. The van der Waals surface area contributed by atoms with Crippen LogP contribution in [-0.4, -0.2) is 46.5 Å². The van der Waals surface area contributed by atoms with Gasteiger partial charge in [0, 0.05) is 20.2 Å². The molecular weight excluding hydrogens is 421 g/mol. The Morgan fingerprint density at radius 1 is 1.08 bits per heavy atom. The topological polar surface area (TPSA) is 64.1 Å². The van der Waals surface area contributed by atoms with Crippen molar-refractivity contribution in [3.05, 3.63) is 23.8 Å². The standard InChI is InChI=1S/C17H29N3O3.HI/c1-5-10-23-15-8-7-14(12-16(15)22-4)13-20-17(18-6-2)19-9-11-21-3;/h7-8,12H,5-6,9-11,13H2,1-4H3,(H2,18,19,20);1H. The molecule has 0 heterocycles. The van der Waals surface area contributed by atoms with Crippen LogP contribution >= 0.6 is 24.0 Å². The lowest BCUT2D eigenvalue weighted by molar-refractivity contribution is 0.203. The zero-order chi connectivity index (χ0) is 16.9. The molecule has 0 unspecified atom stereocenters. The second-order valence-corrected chi connectivity index (χ2v) is 4.95. The molecule has 0 aliphatic rings. The van der Waals surface area contributed by atoms with Crippen molar-refractivity contribution >= 4 is 29.9 Å². The molecule has 138 valence electrons. The van der Waals surface area contributed by atoms with Crippen LogP contribution in [0.2, 0.25) is 0 Å². The maximum absolute atomic E-state index is 5.66. The highest BCUT2D eigenvalue weighted by Gasteiger charge is 2.06. The van der Waals surface area contributed by atoms with E-state index in [0.29, 0.717) is 19.8 Å². The Bertz CT molecular complexity index is 484. The van der Waals surface area contributed by atoms with E-state index in [-0.39, 0.29) is 24.0 Å². The van der Waals surface area contributed by atoms with Crippen LogP contribution in [0.3, 0.4) is 0 Å². The summed E-state index contributed by atoms with van der Waals surface area (Å²) in [5, 5.41) is 6.42. The molecule has 1 rings (SSSR count). The first kappa shape index (κ1) is 22.8. The SMILES string of the molecule is CCCOc1ccc(CN=C(NCC)NCCOC)cc1OC.I. The summed E-state index contributed by atoms with van der Waals surface area (Å²) in [6.07, 6.45) is 0.967. The smallest absolute Gasteiger partial charge is 0.191 e. The minimum Gasteiger partial charge on any atom is -0.493 e. The lowest BCUT2D eigenvalue weighted by Crippen LogP contribution is -2.38. The molecule has 0 fully saturated rings. The van der Waals surface area contributed by atoms with Gasteiger partial charge >= 0.3 is 0 Å². The molecule has 0 aliphatic carbocycles. The van der Waals surface area contributed by atoms with E-state index in [4.69, 9.17) is 14.2 Å². The molecule has 0 aromatic heterocycles. The quantitative estimate of drug-likeness (QED) is 0.248. The van der Waals surface area contributed by atoms with E-state index in [1.165, 1.54) is 0 Å². The fourth-order valence-corrected chi connectivity index (χ4v) is 1.93. The second-order valence-electron chi connectivity index (χ2n) is 4.95. The van der Waals surface area contributed by atoms with Crippen molar-refractivity contribution in [2.75, 3.05) is 40.5 Å². The van der Waals surface area contributed by atoms with Crippen molar-refractivity contribution in [3.8, 4) is 11.5 Å². The molecule has 2 N–H and O–H groups in total. The largest absolute Gasteiger partial charge is 0.493 e. The highest BCUT2D eigenvalue weighted by atomic mass is 127. The van der Waals surface area contributed by atoms with Crippen LogP contribution in [0.25, 0.3) is 0 Å². The number of nitrogens with zero attached hydrogens (tertiary/aromatic N) is 1. The third-order valence-electron chi connectivity index (χ3n) is 3.05. The highest BCUT2D eigenvalue weighted by Crippen LogP contribution is 2.28. The molecular formula is C17H30IN3O3. The minimum atomic E-state index is 0. The van der Waals surface area contributed by atoms with Crippen LogP contribution in [0.4, 0.5) is 0 Å². The number of rotatable bonds is 10. The van der Waals surface area contributed by atoms with E-state index in [9.17, 15) is 0 Å². The number of ether oxygens (including phenoxy) is 3. The fourth-order valence-electron chi connectivity index (χ4n) is 1.93. The van der Waals surface area contributed by atoms with Crippen molar-refractivity contribution in [1.29, 1.82) is 0 Å². The van der Waals surface area contributed by atoms with Crippen molar-refractivity contribution in [2.24, 2.45) is 4.99 Å². The summed E-state index contributed by atoms with van der Waals surface area (Å²) in [6.45, 7) is 7.53. The van der Waals surface area contributed by atoms with Gasteiger partial charge < -0.3 is 24.8 Å². The Hall–Kier alpha value is -1.22. The van der Waals surface area contributed by atoms with E-state index in [1.807, 2.05) is 25.1 Å². The predicted molar refractivity (Wildman–Crippen MR) is 109 cm³/mol. The Kier molecular flexibility index (Phi) is 13.4. The van der Waals surface area contributed by atoms with E-state index >= 15 is 0 Å². The average molecular weight is 451 g/mol. The highest BCUT2D eigenvalue weighted by molar-refractivity contribution is 14.0. The number of benzene rings is 1. The van der Waals surface area contributed by atoms with Crippen LogP contribution in [0.15, 0.2) is 23.2 Å². The van der Waals surface area contributed by atoms with Gasteiger partial charge in [-0.3, -0.25) is 0 Å². The second kappa shape index (κ2) is 14.2. The summed E-state index contributed by atoms with van der Waals surface area (Å²) in [5.41, 5.74) is 1.06. The monoisotopic (exact) mass is 451 g/mol. The number of hydrogen-bond donors (Lipinski definition) is 2. The summed E-state index contributed by atoms with van der Waals surface area (Å²) in [7, 11) is 3.33. The van der Waals surface area contributed by atoms with Gasteiger partial charge in [-0.05, 0) is 31.0 Å². The lowest BCUT2D eigenvalue weighted by Gasteiger charge is -2.12. The first-order chi connectivity index (χ1) is 11.2. The normalized spacial score (nSPS) is 10.8. The van der Waals surface area contributed by atoms with Gasteiger partial charge in [0.15, 0.2) is 17.5 Å². The van der Waals surface area contributed by atoms with E-state index in [1.54, 1.807) is 14.2 Å². The van der Waals surface area contributed by atoms with Crippen LogP contribution in [-0.2, 0) is 11.3 Å². The van der Waals surface area contributed by atoms with E-state index in [2.05, 4.69) is 22.5 Å².